The number of aryl methyl sites for hydroxylation is 1. The topological polar surface area (TPSA) is 256 Å². The zero-order valence-corrected chi connectivity index (χ0v) is 26.4. The number of nitrogens with one attached hydrogen (secondary N) is 3. The lowest BCUT2D eigenvalue weighted by Crippen LogP contribution is -2.52. The number of aliphatic carboxylic acids is 1. The van der Waals surface area contributed by atoms with Gasteiger partial charge >= 0.3 is 34.6 Å². The predicted molar refractivity (Wildman–Crippen MR) is 153 cm³/mol. The van der Waals surface area contributed by atoms with Crippen molar-refractivity contribution in [3.8, 4) is 0 Å². The number of amides is 4. The number of carbonyl (C=O) groups excluding carboxylic acids is 3. The van der Waals surface area contributed by atoms with E-state index >= 15 is 0 Å². The van der Waals surface area contributed by atoms with Crippen molar-refractivity contribution in [2.45, 2.75) is 64.4 Å². The van der Waals surface area contributed by atoms with Crippen molar-refractivity contribution < 1.29 is 51.1 Å². The molecule has 0 unspecified atom stereocenters. The summed E-state index contributed by atoms with van der Waals surface area (Å²) < 4.78 is 43.5. The van der Waals surface area contributed by atoms with E-state index in [0.29, 0.717) is 21.3 Å². The van der Waals surface area contributed by atoms with Gasteiger partial charge in [-0.15, -0.1) is 15.6 Å². The van der Waals surface area contributed by atoms with Gasteiger partial charge in [0, 0.05) is 18.0 Å². The number of amidine groups is 1. The highest BCUT2D eigenvalue weighted by Gasteiger charge is 2.53. The lowest BCUT2D eigenvalue weighted by molar-refractivity contribution is -0.143. The van der Waals surface area contributed by atoms with Gasteiger partial charge in [-0.1, -0.05) is 0 Å². The number of thiazole rings is 1. The molecule has 22 heteroatoms. The molecule has 0 radical (unpaired) electrons. The SMILES string of the molecule is Cn1ncc2c1[C@@H](C(=NCc1nc(NC(=O)OC(C)(C)C)cs1)NOC(=O)NC(C)(C)C(=O)O)N1C[C@@H]2N(OS(=O)(=O)O)C1=O. The van der Waals surface area contributed by atoms with Gasteiger partial charge in [0.1, 0.15) is 34.0 Å². The van der Waals surface area contributed by atoms with Crippen molar-refractivity contribution >= 4 is 57.6 Å². The van der Waals surface area contributed by atoms with Crippen LogP contribution in [-0.4, -0.2) is 90.5 Å². The summed E-state index contributed by atoms with van der Waals surface area (Å²) in [6, 6.07) is -3.13. The van der Waals surface area contributed by atoms with Crippen LogP contribution in [0.1, 0.15) is 63.0 Å². The smallest absolute Gasteiger partial charge is 0.432 e. The van der Waals surface area contributed by atoms with Gasteiger partial charge in [0.15, 0.2) is 5.84 Å². The maximum Gasteiger partial charge on any atom is 0.432 e. The average Bonchev–Trinajstić information content (AvgIpc) is 3.57. The highest BCUT2D eigenvalue weighted by atomic mass is 32.3. The van der Waals surface area contributed by atoms with Crippen LogP contribution < -0.4 is 16.1 Å². The minimum Gasteiger partial charge on any atom is -0.480 e. The van der Waals surface area contributed by atoms with Crippen molar-refractivity contribution in [3.63, 3.8) is 0 Å². The third-order valence-corrected chi connectivity index (χ3v) is 7.41. The second-order valence-electron chi connectivity index (χ2n) is 11.3. The molecule has 4 heterocycles. The zero-order valence-electron chi connectivity index (χ0n) is 24.8. The highest BCUT2D eigenvalue weighted by Crippen LogP contribution is 2.44. The van der Waals surface area contributed by atoms with Crippen LogP contribution in [0.4, 0.5) is 20.2 Å². The summed E-state index contributed by atoms with van der Waals surface area (Å²) in [5, 5.41) is 20.6. The van der Waals surface area contributed by atoms with E-state index in [0.717, 1.165) is 16.2 Å². The average molecular weight is 674 g/mol. The summed E-state index contributed by atoms with van der Waals surface area (Å²) in [6.07, 6.45) is -0.547. The summed E-state index contributed by atoms with van der Waals surface area (Å²) in [7, 11) is -3.54. The number of rotatable bonds is 8. The number of hydrogen-bond acceptors (Lipinski definition) is 13. The monoisotopic (exact) mass is 673 g/mol. The van der Waals surface area contributed by atoms with Crippen molar-refractivity contribution in [2.24, 2.45) is 12.0 Å². The summed E-state index contributed by atoms with van der Waals surface area (Å²) in [4.78, 5) is 64.4. The van der Waals surface area contributed by atoms with E-state index in [9.17, 15) is 37.3 Å². The number of nitrogens with zero attached hydrogens (tertiary/aromatic N) is 6. The van der Waals surface area contributed by atoms with Crippen LogP contribution in [0.2, 0.25) is 0 Å². The number of aliphatic imine (C=N–C) groups is 1. The minimum atomic E-state index is -5.09. The molecule has 5 N–H and O–H groups in total. The fourth-order valence-electron chi connectivity index (χ4n) is 4.31. The van der Waals surface area contributed by atoms with Crippen molar-refractivity contribution in [2.75, 3.05) is 11.9 Å². The maximum atomic E-state index is 13.3. The largest absolute Gasteiger partial charge is 0.480 e. The number of anilines is 1. The van der Waals surface area contributed by atoms with E-state index in [4.69, 9.17) is 9.57 Å². The lowest BCUT2D eigenvalue weighted by Gasteiger charge is -2.32. The van der Waals surface area contributed by atoms with E-state index in [1.165, 1.54) is 24.7 Å². The molecular weight excluding hydrogens is 642 g/mol. The van der Waals surface area contributed by atoms with Crippen LogP contribution in [0.25, 0.3) is 0 Å². The molecule has 0 aromatic carbocycles. The first-order valence-corrected chi connectivity index (χ1v) is 15.3. The summed E-state index contributed by atoms with van der Waals surface area (Å²) in [5.74, 6) is -1.32. The van der Waals surface area contributed by atoms with Gasteiger partial charge in [-0.3, -0.25) is 19.5 Å². The molecule has 2 aliphatic rings. The number of carbonyl (C=O) groups is 4. The van der Waals surface area contributed by atoms with Crippen LogP contribution in [0, 0.1) is 0 Å². The van der Waals surface area contributed by atoms with Crippen LogP contribution >= 0.6 is 11.3 Å². The summed E-state index contributed by atoms with van der Waals surface area (Å²) >= 11 is 1.12. The molecule has 4 amide bonds. The lowest BCUT2D eigenvalue weighted by atomic mass is 9.97. The standard InChI is InChI=1S/C23H31N9O11S2/c1-22(2,3)41-19(35)27-13-10-44-14(26-13)8-24-17(29-42-20(36)28-23(4,5)18(33)34)16-15-11(7-25-30(15)6)12-9-31(16)21(37)32(12)43-45(38,39)40/h7,10,12,16H,8-9H2,1-6H3,(H,24,29)(H,27,35)(H,28,36)(H,33,34)(H,38,39,40)/t12-,16-/m0/s1. The molecule has 2 aromatic rings. The number of fused-ring (bicyclic) bond motifs is 4. The Balaban J connectivity index is 1.65. The van der Waals surface area contributed by atoms with Gasteiger partial charge < -0.3 is 24.9 Å². The fourth-order valence-corrected chi connectivity index (χ4v) is 5.33. The molecular formula is C23H31N9O11S2. The van der Waals surface area contributed by atoms with E-state index in [1.54, 1.807) is 33.2 Å². The normalized spacial score (nSPS) is 18.4. The van der Waals surface area contributed by atoms with E-state index in [2.05, 4.69) is 35.5 Å². The zero-order chi connectivity index (χ0) is 33.5. The molecule has 2 bridgehead atoms. The molecule has 4 rings (SSSR count). The first kappa shape index (κ1) is 33.4. The van der Waals surface area contributed by atoms with Crippen LogP contribution in [0.5, 0.6) is 0 Å². The van der Waals surface area contributed by atoms with Gasteiger partial charge in [-0.2, -0.15) is 18.6 Å². The van der Waals surface area contributed by atoms with Crippen molar-refractivity contribution in [3.05, 3.63) is 27.8 Å². The Morgan fingerprint density at radius 1 is 1.20 bits per heavy atom. The molecule has 0 spiro atoms. The van der Waals surface area contributed by atoms with Gasteiger partial charge in [0.2, 0.25) is 0 Å². The molecule has 2 aromatic heterocycles. The van der Waals surface area contributed by atoms with Gasteiger partial charge in [-0.05, 0) is 34.6 Å². The molecule has 1 saturated heterocycles. The Bertz CT molecular complexity index is 1650. The van der Waals surface area contributed by atoms with E-state index in [1.807, 2.05) is 0 Å². The molecule has 1 fully saturated rings. The van der Waals surface area contributed by atoms with Crippen molar-refractivity contribution in [1.82, 2.24) is 35.5 Å². The Hall–Kier alpha value is -4.54. The minimum absolute atomic E-state index is 0.141. The third-order valence-electron chi connectivity index (χ3n) is 6.23. The maximum absolute atomic E-state index is 13.3. The Labute approximate surface area is 260 Å². The van der Waals surface area contributed by atoms with E-state index in [-0.39, 0.29) is 24.7 Å². The summed E-state index contributed by atoms with van der Waals surface area (Å²) in [6.45, 7) is 7.25. The van der Waals surface area contributed by atoms with Gasteiger partial charge in [0.25, 0.3) is 0 Å². The van der Waals surface area contributed by atoms with Crippen molar-refractivity contribution in [1.29, 1.82) is 0 Å². The number of carboxylic acids is 1. The highest BCUT2D eigenvalue weighted by molar-refractivity contribution is 7.80. The predicted octanol–water partition coefficient (Wildman–Crippen LogP) is 1.48. The fraction of sp³-hybridized carbons (Fsp3) is 0.522. The number of aromatic nitrogens is 3. The van der Waals surface area contributed by atoms with Gasteiger partial charge in [-0.25, -0.2) is 29.6 Å². The number of hydroxylamine groups is 3. The van der Waals surface area contributed by atoms with Crippen LogP contribution in [0.3, 0.4) is 0 Å². The molecule has 20 nitrogen and oxygen atoms in total. The number of carboxylic acid groups (broad SMARTS) is 1. The Morgan fingerprint density at radius 3 is 2.51 bits per heavy atom. The second-order valence-corrected chi connectivity index (χ2v) is 13.2. The van der Waals surface area contributed by atoms with Gasteiger partial charge in [0.05, 0.1) is 25.0 Å². The second kappa shape index (κ2) is 12.1. The third kappa shape index (κ3) is 7.76. The number of ether oxygens (including phenoxy) is 1. The van der Waals surface area contributed by atoms with Crippen LogP contribution in [0.15, 0.2) is 16.6 Å². The number of hydrogen-bond donors (Lipinski definition) is 5. The first-order chi connectivity index (χ1) is 20.8. The Kier molecular flexibility index (Phi) is 8.97. The molecule has 2 atom stereocenters. The first-order valence-electron chi connectivity index (χ1n) is 13.0. The molecule has 2 aliphatic heterocycles. The van der Waals surface area contributed by atoms with Crippen LogP contribution in [-0.2, 0) is 42.6 Å². The molecule has 45 heavy (non-hydrogen) atoms. The quantitative estimate of drug-likeness (QED) is 0.115. The molecule has 246 valence electrons. The molecule has 0 aliphatic carbocycles. The van der Waals surface area contributed by atoms with E-state index < -0.39 is 57.8 Å². The number of urea groups is 1. The summed E-state index contributed by atoms with van der Waals surface area (Å²) in [5.41, 5.74) is 0.607. The Morgan fingerprint density at radius 2 is 1.89 bits per heavy atom. The molecule has 0 saturated carbocycles.